The van der Waals surface area contributed by atoms with Gasteiger partial charge in [0.15, 0.2) is 0 Å². The predicted octanol–water partition coefficient (Wildman–Crippen LogP) is 2.83. The van der Waals surface area contributed by atoms with Crippen LogP contribution in [0.25, 0.3) is 0 Å². The van der Waals surface area contributed by atoms with Gasteiger partial charge in [0, 0.05) is 13.5 Å². The van der Waals surface area contributed by atoms with Crippen LogP contribution in [0.5, 0.6) is 0 Å². The summed E-state index contributed by atoms with van der Waals surface area (Å²) < 4.78 is 10.3. The Morgan fingerprint density at radius 2 is 1.76 bits per heavy atom. The first kappa shape index (κ1) is 20.5. The first-order valence-electron chi connectivity index (χ1n) is 7.98. The first-order chi connectivity index (χ1) is 11.6. The van der Waals surface area contributed by atoms with E-state index in [1.165, 1.54) is 7.05 Å². The minimum Gasteiger partial charge on any atom is -0.480 e. The van der Waals surface area contributed by atoms with Gasteiger partial charge in [-0.1, -0.05) is 30.3 Å². The lowest BCUT2D eigenvalue weighted by atomic mass is 10.1. The number of carbonyl (C=O) groups is 3. The van der Waals surface area contributed by atoms with Gasteiger partial charge in [0.05, 0.1) is 0 Å². The third-order valence-electron chi connectivity index (χ3n) is 3.30. The fourth-order valence-corrected chi connectivity index (χ4v) is 2.01. The highest BCUT2D eigenvalue weighted by Gasteiger charge is 2.30. The van der Waals surface area contributed by atoms with Crippen LogP contribution in [0.15, 0.2) is 30.3 Å². The summed E-state index contributed by atoms with van der Waals surface area (Å²) in [6.07, 6.45) is -0.923. The van der Waals surface area contributed by atoms with Crippen LogP contribution in [0.1, 0.15) is 39.2 Å². The summed E-state index contributed by atoms with van der Waals surface area (Å²) in [6.45, 7) is 5.19. The normalized spacial score (nSPS) is 12.2. The summed E-state index contributed by atoms with van der Waals surface area (Å²) in [5.74, 6) is -1.73. The summed E-state index contributed by atoms with van der Waals surface area (Å²) in [4.78, 5) is 36.2. The zero-order valence-corrected chi connectivity index (χ0v) is 15.0. The lowest BCUT2D eigenvalue weighted by Crippen LogP contribution is -2.45. The maximum Gasteiger partial charge on any atom is 0.410 e. The quantitative estimate of drug-likeness (QED) is 0.759. The van der Waals surface area contributed by atoms with E-state index in [-0.39, 0.29) is 19.4 Å². The monoisotopic (exact) mass is 351 g/mol. The van der Waals surface area contributed by atoms with Crippen LogP contribution in [0.2, 0.25) is 0 Å². The smallest absolute Gasteiger partial charge is 0.410 e. The van der Waals surface area contributed by atoms with E-state index in [2.05, 4.69) is 0 Å². The molecule has 0 aromatic heterocycles. The number of ether oxygens (including phenoxy) is 2. The van der Waals surface area contributed by atoms with Gasteiger partial charge < -0.3 is 14.6 Å². The second-order valence-electron chi connectivity index (χ2n) is 6.63. The molecule has 1 rings (SSSR count). The Morgan fingerprint density at radius 3 is 2.28 bits per heavy atom. The van der Waals surface area contributed by atoms with Crippen LogP contribution in [0, 0.1) is 0 Å². The van der Waals surface area contributed by atoms with Crippen LogP contribution in [0.4, 0.5) is 4.79 Å². The molecule has 25 heavy (non-hydrogen) atoms. The van der Waals surface area contributed by atoms with Gasteiger partial charge in [0.1, 0.15) is 18.2 Å². The van der Waals surface area contributed by atoms with Crippen molar-refractivity contribution in [2.75, 3.05) is 7.05 Å². The maximum atomic E-state index is 12.0. The summed E-state index contributed by atoms with van der Waals surface area (Å²) in [5, 5.41) is 9.31. The molecule has 1 N–H and O–H groups in total. The van der Waals surface area contributed by atoms with Gasteiger partial charge in [0.2, 0.25) is 0 Å². The van der Waals surface area contributed by atoms with Gasteiger partial charge in [-0.3, -0.25) is 9.69 Å². The third-order valence-corrected chi connectivity index (χ3v) is 3.30. The summed E-state index contributed by atoms with van der Waals surface area (Å²) in [7, 11) is 1.34. The largest absolute Gasteiger partial charge is 0.480 e. The second kappa shape index (κ2) is 9.05. The van der Waals surface area contributed by atoms with Crippen LogP contribution >= 0.6 is 0 Å². The predicted molar refractivity (Wildman–Crippen MR) is 90.9 cm³/mol. The van der Waals surface area contributed by atoms with Crippen LogP contribution in [-0.2, 0) is 25.7 Å². The van der Waals surface area contributed by atoms with Crippen molar-refractivity contribution in [3.8, 4) is 0 Å². The molecule has 1 aromatic rings. The van der Waals surface area contributed by atoms with Crippen LogP contribution in [-0.4, -0.2) is 46.7 Å². The van der Waals surface area contributed by atoms with E-state index in [1.54, 1.807) is 20.8 Å². The standard InChI is InChI=1S/C18H25NO6/c1-18(2,3)25-17(23)19(4)14(16(21)22)10-11-15(20)24-12-13-8-6-5-7-9-13/h5-9,14H,10-12H2,1-4H3,(H,21,22). The minimum absolute atomic E-state index is 0.0568. The van der Waals surface area contributed by atoms with Crippen LogP contribution < -0.4 is 0 Å². The Balaban J connectivity index is 2.53. The van der Waals surface area contributed by atoms with Crippen molar-refractivity contribution >= 4 is 18.0 Å². The Labute approximate surface area is 147 Å². The molecule has 0 aliphatic heterocycles. The van der Waals surface area contributed by atoms with Crippen molar-refractivity contribution in [2.24, 2.45) is 0 Å². The van der Waals surface area contributed by atoms with Crippen molar-refractivity contribution in [1.82, 2.24) is 4.90 Å². The number of esters is 1. The molecule has 0 aliphatic rings. The van der Waals surface area contributed by atoms with Gasteiger partial charge in [-0.25, -0.2) is 9.59 Å². The van der Waals surface area contributed by atoms with Gasteiger partial charge in [-0.05, 0) is 32.8 Å². The molecule has 7 nitrogen and oxygen atoms in total. The number of carboxylic acid groups (broad SMARTS) is 1. The summed E-state index contributed by atoms with van der Waals surface area (Å²) in [5.41, 5.74) is 0.111. The zero-order valence-electron chi connectivity index (χ0n) is 15.0. The number of likely N-dealkylation sites (N-methyl/N-ethyl adjacent to an activating group) is 1. The number of nitrogens with zero attached hydrogens (tertiary/aromatic N) is 1. The number of benzene rings is 1. The number of aliphatic carboxylic acids is 1. The molecule has 0 aliphatic carbocycles. The third kappa shape index (κ3) is 7.69. The van der Waals surface area contributed by atoms with Gasteiger partial charge in [0.25, 0.3) is 0 Å². The Kier molecular flexibility index (Phi) is 7.42. The molecule has 1 atom stereocenters. The highest BCUT2D eigenvalue weighted by Crippen LogP contribution is 2.14. The van der Waals surface area contributed by atoms with E-state index in [1.807, 2.05) is 30.3 Å². The molecule has 1 unspecified atom stereocenters. The first-order valence-corrected chi connectivity index (χ1v) is 7.98. The Bertz CT molecular complexity index is 593. The molecule has 1 aromatic carbocycles. The molecule has 7 heteroatoms. The Hall–Kier alpha value is -2.57. The molecule has 0 spiro atoms. The van der Waals surface area contributed by atoms with E-state index < -0.39 is 29.7 Å². The molecule has 0 saturated carbocycles. The summed E-state index contributed by atoms with van der Waals surface area (Å²) >= 11 is 0. The van der Waals surface area contributed by atoms with Crippen LogP contribution in [0.3, 0.4) is 0 Å². The molecule has 0 heterocycles. The molecular formula is C18H25NO6. The van der Waals surface area contributed by atoms with Crippen molar-refractivity contribution < 1.29 is 29.0 Å². The van der Waals surface area contributed by atoms with E-state index >= 15 is 0 Å². The fourth-order valence-electron chi connectivity index (χ4n) is 2.01. The second-order valence-corrected chi connectivity index (χ2v) is 6.63. The lowest BCUT2D eigenvalue weighted by molar-refractivity contribution is -0.147. The van der Waals surface area contributed by atoms with Gasteiger partial charge >= 0.3 is 18.0 Å². The molecule has 1 amide bonds. The highest BCUT2D eigenvalue weighted by molar-refractivity contribution is 5.80. The number of amides is 1. The average molecular weight is 351 g/mol. The maximum absolute atomic E-state index is 12.0. The molecule has 138 valence electrons. The minimum atomic E-state index is -1.20. The molecule has 0 bridgehead atoms. The lowest BCUT2D eigenvalue weighted by Gasteiger charge is -2.28. The van der Waals surface area contributed by atoms with E-state index in [0.29, 0.717) is 0 Å². The zero-order chi connectivity index (χ0) is 19.0. The molecular weight excluding hydrogens is 326 g/mol. The number of carboxylic acids is 1. The highest BCUT2D eigenvalue weighted by atomic mass is 16.6. The Morgan fingerprint density at radius 1 is 1.16 bits per heavy atom. The van der Waals surface area contributed by atoms with Gasteiger partial charge in [-0.2, -0.15) is 0 Å². The topological polar surface area (TPSA) is 93.1 Å². The SMILES string of the molecule is CN(C(=O)OC(C)(C)C)C(CCC(=O)OCc1ccccc1)C(=O)O. The van der Waals surface area contributed by atoms with E-state index in [9.17, 15) is 19.5 Å². The summed E-state index contributed by atoms with van der Waals surface area (Å²) in [6, 6.07) is 8.00. The van der Waals surface area contributed by atoms with Crippen molar-refractivity contribution in [1.29, 1.82) is 0 Å². The number of hydrogen-bond acceptors (Lipinski definition) is 5. The fraction of sp³-hybridized carbons (Fsp3) is 0.500. The van der Waals surface area contributed by atoms with Crippen molar-refractivity contribution in [2.45, 2.75) is 51.9 Å². The van der Waals surface area contributed by atoms with E-state index in [4.69, 9.17) is 9.47 Å². The number of hydrogen-bond donors (Lipinski definition) is 1. The molecule has 0 radical (unpaired) electrons. The molecule has 0 saturated heterocycles. The van der Waals surface area contributed by atoms with Gasteiger partial charge in [-0.15, -0.1) is 0 Å². The van der Waals surface area contributed by atoms with E-state index in [0.717, 1.165) is 10.5 Å². The van der Waals surface area contributed by atoms with Crippen molar-refractivity contribution in [3.05, 3.63) is 35.9 Å². The van der Waals surface area contributed by atoms with Crippen molar-refractivity contribution in [3.63, 3.8) is 0 Å². The number of rotatable bonds is 7. The molecule has 0 fully saturated rings. The average Bonchev–Trinajstić information content (AvgIpc) is 2.52. The number of carbonyl (C=O) groups excluding carboxylic acids is 2.